The second-order valence-corrected chi connectivity index (χ2v) is 12.1. The van der Waals surface area contributed by atoms with Crippen LogP contribution in [0.5, 0.6) is 0 Å². The number of nitrogens with zero attached hydrogens (tertiary/aromatic N) is 3. The lowest BCUT2D eigenvalue weighted by Crippen LogP contribution is -2.27. The summed E-state index contributed by atoms with van der Waals surface area (Å²) in [6, 6.07) is 20.5. The standard InChI is InChI=1S/C29H35N3O4S/c1-18-11-12-22(15-24(18)17-32(5)37(35,36)25-9-7-6-8-10-25)28(20(3)29(33)34)23-13-14-26-19(2)21(4)30-31-27(26)16-23/h6-16,19-21,28-29,33-34H,17H2,1-5H3. The summed E-state index contributed by atoms with van der Waals surface area (Å²) >= 11 is 0. The molecular formula is C29H35N3O4S. The fourth-order valence-corrected chi connectivity index (χ4v) is 6.03. The van der Waals surface area contributed by atoms with Gasteiger partial charge in [-0.1, -0.05) is 62.4 Å². The summed E-state index contributed by atoms with van der Waals surface area (Å²) < 4.78 is 27.6. The predicted octanol–water partition coefficient (Wildman–Crippen LogP) is 5.48. The number of benzene rings is 3. The molecule has 2 N–H and O–H groups in total. The average Bonchev–Trinajstić information content (AvgIpc) is 2.88. The Balaban J connectivity index is 1.72. The molecule has 0 fully saturated rings. The third-order valence-electron chi connectivity index (χ3n) is 7.55. The van der Waals surface area contributed by atoms with E-state index in [4.69, 9.17) is 0 Å². The quantitative estimate of drug-likeness (QED) is 0.383. The van der Waals surface area contributed by atoms with Crippen molar-refractivity contribution >= 4 is 15.7 Å². The maximum Gasteiger partial charge on any atom is 0.243 e. The summed E-state index contributed by atoms with van der Waals surface area (Å²) in [4.78, 5) is 0.243. The minimum absolute atomic E-state index is 0.108. The van der Waals surface area contributed by atoms with Gasteiger partial charge in [0.15, 0.2) is 6.29 Å². The van der Waals surface area contributed by atoms with Crippen LogP contribution in [0.4, 0.5) is 5.69 Å². The van der Waals surface area contributed by atoms with Crippen LogP contribution in [0.25, 0.3) is 0 Å². The molecule has 0 radical (unpaired) electrons. The maximum absolute atomic E-state index is 13.1. The van der Waals surface area contributed by atoms with Crippen molar-refractivity contribution in [1.82, 2.24) is 4.31 Å². The molecule has 0 saturated carbocycles. The van der Waals surface area contributed by atoms with Crippen molar-refractivity contribution in [3.05, 3.63) is 94.5 Å². The van der Waals surface area contributed by atoms with Crippen LogP contribution in [-0.2, 0) is 16.6 Å². The molecule has 8 heteroatoms. The molecule has 3 aromatic carbocycles. The van der Waals surface area contributed by atoms with Crippen molar-refractivity contribution in [2.45, 2.75) is 63.3 Å². The fraction of sp³-hybridized carbons (Fsp3) is 0.379. The van der Waals surface area contributed by atoms with Gasteiger partial charge >= 0.3 is 0 Å². The first-order valence-electron chi connectivity index (χ1n) is 12.5. The van der Waals surface area contributed by atoms with E-state index in [9.17, 15) is 18.6 Å². The summed E-state index contributed by atoms with van der Waals surface area (Å²) in [5.74, 6) is -0.615. The van der Waals surface area contributed by atoms with E-state index in [1.807, 2.05) is 44.2 Å². The molecule has 1 heterocycles. The molecule has 0 saturated heterocycles. The highest BCUT2D eigenvalue weighted by Gasteiger charge is 2.29. The monoisotopic (exact) mass is 521 g/mol. The molecule has 3 aromatic rings. The van der Waals surface area contributed by atoms with Crippen molar-refractivity contribution in [3.8, 4) is 0 Å². The van der Waals surface area contributed by atoms with E-state index in [-0.39, 0.29) is 29.3 Å². The first-order chi connectivity index (χ1) is 17.5. The molecule has 0 amide bonds. The van der Waals surface area contributed by atoms with Gasteiger partial charge in [-0.25, -0.2) is 8.42 Å². The number of sulfonamides is 1. The van der Waals surface area contributed by atoms with Crippen LogP contribution in [0.15, 0.2) is 81.9 Å². The molecule has 37 heavy (non-hydrogen) atoms. The number of rotatable bonds is 8. The minimum Gasteiger partial charge on any atom is -0.368 e. The van der Waals surface area contributed by atoms with Gasteiger partial charge in [0.1, 0.15) is 0 Å². The molecule has 1 aliphatic rings. The van der Waals surface area contributed by atoms with Gasteiger partial charge in [0.05, 0.1) is 16.6 Å². The molecule has 0 bridgehead atoms. The third kappa shape index (κ3) is 5.52. The molecule has 4 unspecified atom stereocenters. The van der Waals surface area contributed by atoms with Crippen molar-refractivity contribution in [2.75, 3.05) is 7.05 Å². The van der Waals surface area contributed by atoms with Crippen LogP contribution in [0, 0.1) is 12.8 Å². The largest absolute Gasteiger partial charge is 0.368 e. The Kier molecular flexibility index (Phi) is 7.94. The first-order valence-corrected chi connectivity index (χ1v) is 14.0. The highest BCUT2D eigenvalue weighted by Crippen LogP contribution is 2.41. The van der Waals surface area contributed by atoms with E-state index in [0.717, 1.165) is 33.5 Å². The molecule has 4 rings (SSSR count). The smallest absolute Gasteiger partial charge is 0.243 e. The number of aliphatic hydroxyl groups excluding tert-OH is 1. The zero-order chi connectivity index (χ0) is 26.9. The van der Waals surface area contributed by atoms with Crippen molar-refractivity contribution < 1.29 is 18.6 Å². The van der Waals surface area contributed by atoms with Crippen molar-refractivity contribution in [2.24, 2.45) is 16.1 Å². The highest BCUT2D eigenvalue weighted by molar-refractivity contribution is 7.89. The molecule has 196 valence electrons. The Bertz CT molecular complexity index is 1390. The van der Waals surface area contributed by atoms with Gasteiger partial charge in [0, 0.05) is 31.3 Å². The van der Waals surface area contributed by atoms with E-state index in [1.54, 1.807) is 44.3 Å². The molecule has 0 aliphatic carbocycles. The second-order valence-electron chi connectivity index (χ2n) is 10.1. The molecule has 7 nitrogen and oxygen atoms in total. The Labute approximate surface area is 219 Å². The van der Waals surface area contributed by atoms with Gasteiger partial charge in [0.2, 0.25) is 10.0 Å². The summed E-state index contributed by atoms with van der Waals surface area (Å²) in [5, 5.41) is 29.1. The summed E-state index contributed by atoms with van der Waals surface area (Å²) in [6.45, 7) is 8.11. The Morgan fingerprint density at radius 1 is 0.973 bits per heavy atom. The lowest BCUT2D eigenvalue weighted by molar-refractivity contribution is -0.0824. The Hall–Kier alpha value is -2.91. The lowest BCUT2D eigenvalue weighted by Gasteiger charge is -2.29. The van der Waals surface area contributed by atoms with Crippen LogP contribution in [-0.4, -0.2) is 42.3 Å². The third-order valence-corrected chi connectivity index (χ3v) is 9.37. The molecule has 0 aromatic heterocycles. The van der Waals surface area contributed by atoms with E-state index in [1.165, 1.54) is 4.31 Å². The zero-order valence-electron chi connectivity index (χ0n) is 21.9. The van der Waals surface area contributed by atoms with Gasteiger partial charge in [-0.3, -0.25) is 0 Å². The number of hydrogen-bond acceptors (Lipinski definition) is 6. The highest BCUT2D eigenvalue weighted by atomic mass is 32.2. The normalized spacial score (nSPS) is 19.2. The van der Waals surface area contributed by atoms with E-state index >= 15 is 0 Å². The van der Waals surface area contributed by atoms with Crippen LogP contribution >= 0.6 is 0 Å². The van der Waals surface area contributed by atoms with Crippen molar-refractivity contribution in [1.29, 1.82) is 0 Å². The van der Waals surface area contributed by atoms with Gasteiger partial charge in [0.25, 0.3) is 0 Å². The minimum atomic E-state index is -3.66. The van der Waals surface area contributed by atoms with Crippen LogP contribution in [0.1, 0.15) is 60.4 Å². The fourth-order valence-electron chi connectivity index (χ4n) is 4.86. The van der Waals surface area contributed by atoms with Crippen LogP contribution in [0.3, 0.4) is 0 Å². The molecule has 1 aliphatic heterocycles. The molecular weight excluding hydrogens is 486 g/mol. The van der Waals surface area contributed by atoms with Gasteiger partial charge in [-0.15, -0.1) is 0 Å². The number of azo groups is 1. The number of aliphatic hydroxyl groups is 2. The Morgan fingerprint density at radius 3 is 2.30 bits per heavy atom. The SMILES string of the molecule is Cc1ccc(C(c2ccc3c(c2)N=NC(C)C3C)C(C)C(O)O)cc1CN(C)S(=O)(=O)c1ccccc1. The zero-order valence-corrected chi connectivity index (χ0v) is 22.7. The van der Waals surface area contributed by atoms with Crippen molar-refractivity contribution in [3.63, 3.8) is 0 Å². The first kappa shape index (κ1) is 27.1. The van der Waals surface area contributed by atoms with Crippen LogP contribution in [0.2, 0.25) is 0 Å². The maximum atomic E-state index is 13.1. The lowest BCUT2D eigenvalue weighted by atomic mass is 9.79. The summed E-state index contributed by atoms with van der Waals surface area (Å²) in [5.41, 5.74) is 5.51. The molecule has 4 atom stereocenters. The number of aryl methyl sites for hydroxylation is 1. The number of fused-ring (bicyclic) bond motifs is 1. The number of hydrogen-bond donors (Lipinski definition) is 2. The van der Waals surface area contributed by atoms with E-state index in [0.29, 0.717) is 0 Å². The summed E-state index contributed by atoms with van der Waals surface area (Å²) in [7, 11) is -2.09. The average molecular weight is 522 g/mol. The van der Waals surface area contributed by atoms with Gasteiger partial charge in [-0.05, 0) is 59.9 Å². The van der Waals surface area contributed by atoms with Gasteiger partial charge in [-0.2, -0.15) is 14.5 Å². The Morgan fingerprint density at radius 2 is 1.62 bits per heavy atom. The second kappa shape index (κ2) is 10.8. The topological polar surface area (TPSA) is 103 Å². The molecule has 0 spiro atoms. The predicted molar refractivity (Wildman–Crippen MR) is 144 cm³/mol. The van der Waals surface area contributed by atoms with E-state index < -0.39 is 22.2 Å². The summed E-state index contributed by atoms with van der Waals surface area (Å²) in [6.07, 6.45) is -1.53. The van der Waals surface area contributed by atoms with E-state index in [2.05, 4.69) is 23.2 Å². The van der Waals surface area contributed by atoms with Crippen LogP contribution < -0.4 is 0 Å². The van der Waals surface area contributed by atoms with Gasteiger partial charge < -0.3 is 10.2 Å².